The van der Waals surface area contributed by atoms with Gasteiger partial charge in [0.1, 0.15) is 5.03 Å². The Labute approximate surface area is 99.7 Å². The van der Waals surface area contributed by atoms with Gasteiger partial charge in [-0.25, -0.2) is 4.98 Å². The second-order valence-electron chi connectivity index (χ2n) is 2.42. The van der Waals surface area contributed by atoms with Crippen molar-refractivity contribution in [2.45, 2.75) is 6.54 Å². The molecule has 0 bridgehead atoms. The van der Waals surface area contributed by atoms with Gasteiger partial charge in [-0.15, -0.1) is 23.1 Å². The summed E-state index contributed by atoms with van der Waals surface area (Å²) in [6.07, 6.45) is 4.35. The minimum Gasteiger partial charge on any atom is -0.370 e. The Morgan fingerprint density at radius 1 is 1.93 bits per heavy atom. The second-order valence-corrected chi connectivity index (χ2v) is 4.96. The van der Waals surface area contributed by atoms with Crippen LogP contribution in [-0.2, 0) is 6.54 Å². The molecule has 0 unspecified atom stereocenters. The van der Waals surface area contributed by atoms with E-state index in [9.17, 15) is 10.1 Å². The van der Waals surface area contributed by atoms with Gasteiger partial charge in [0.2, 0.25) is 0 Å². The lowest BCUT2D eigenvalue weighted by Crippen LogP contribution is -2.10. The number of nitrogens with zero attached hydrogens (tertiary/aromatic N) is 2. The molecule has 1 rings (SSSR count). The van der Waals surface area contributed by atoms with Gasteiger partial charge in [0, 0.05) is 11.1 Å². The van der Waals surface area contributed by atoms with E-state index in [-0.39, 0.29) is 0 Å². The van der Waals surface area contributed by atoms with Crippen LogP contribution in [0.15, 0.2) is 17.4 Å². The summed E-state index contributed by atoms with van der Waals surface area (Å²) in [5, 5.41) is 13.7. The van der Waals surface area contributed by atoms with E-state index in [1.54, 1.807) is 12.5 Å². The van der Waals surface area contributed by atoms with Crippen LogP contribution in [0.4, 0.5) is 0 Å². The van der Waals surface area contributed by atoms with Gasteiger partial charge >= 0.3 is 0 Å². The normalized spacial score (nSPS) is 11.5. The first kappa shape index (κ1) is 12.3. The van der Waals surface area contributed by atoms with Crippen LogP contribution >= 0.6 is 34.7 Å². The van der Waals surface area contributed by atoms with Crippen molar-refractivity contribution in [2.75, 3.05) is 6.26 Å². The van der Waals surface area contributed by atoms with Crippen LogP contribution in [0.25, 0.3) is 0 Å². The summed E-state index contributed by atoms with van der Waals surface area (Å²) < 4.78 is 0.468. The Morgan fingerprint density at radius 3 is 3.13 bits per heavy atom. The van der Waals surface area contributed by atoms with Crippen LogP contribution < -0.4 is 5.32 Å². The first-order chi connectivity index (χ1) is 7.11. The summed E-state index contributed by atoms with van der Waals surface area (Å²) in [5.74, 6) is 0. The predicted octanol–water partition coefficient (Wildman–Crippen LogP) is 2.32. The topological polar surface area (TPSA) is 68.1 Å². The van der Waals surface area contributed by atoms with Crippen molar-refractivity contribution in [2.24, 2.45) is 0 Å². The molecular formula is C7H8ClN3O2S2. The molecule has 8 heteroatoms. The van der Waals surface area contributed by atoms with E-state index in [0.29, 0.717) is 16.0 Å². The molecule has 0 fully saturated rings. The van der Waals surface area contributed by atoms with Gasteiger partial charge in [0.15, 0.2) is 4.47 Å². The van der Waals surface area contributed by atoms with E-state index in [1.165, 1.54) is 23.1 Å². The zero-order valence-electron chi connectivity index (χ0n) is 7.77. The molecule has 1 heterocycles. The van der Waals surface area contributed by atoms with E-state index in [2.05, 4.69) is 10.3 Å². The van der Waals surface area contributed by atoms with Gasteiger partial charge in [-0.1, -0.05) is 11.6 Å². The lowest BCUT2D eigenvalue weighted by atomic mass is 10.5. The fourth-order valence-electron chi connectivity index (χ4n) is 0.806. The number of halogens is 1. The van der Waals surface area contributed by atoms with Gasteiger partial charge in [-0.3, -0.25) is 10.1 Å². The van der Waals surface area contributed by atoms with Crippen molar-refractivity contribution in [3.05, 3.63) is 36.9 Å². The molecule has 0 aliphatic heterocycles. The summed E-state index contributed by atoms with van der Waals surface area (Å²) in [4.78, 5) is 14.5. The maximum absolute atomic E-state index is 10.2. The minimum absolute atomic E-state index is 0.468. The van der Waals surface area contributed by atoms with Crippen molar-refractivity contribution < 1.29 is 4.92 Å². The average molecular weight is 266 g/mol. The quantitative estimate of drug-likeness (QED) is 0.654. The number of nitrogens with one attached hydrogen (secondary N) is 1. The van der Waals surface area contributed by atoms with E-state index >= 15 is 0 Å². The van der Waals surface area contributed by atoms with Crippen LogP contribution in [0.3, 0.4) is 0 Å². The number of hydrogen-bond donors (Lipinski definition) is 1. The van der Waals surface area contributed by atoms with Crippen molar-refractivity contribution in [1.82, 2.24) is 10.3 Å². The predicted molar refractivity (Wildman–Crippen MR) is 62.6 cm³/mol. The molecule has 0 saturated heterocycles. The molecule has 15 heavy (non-hydrogen) atoms. The molecule has 1 aromatic heterocycles. The number of rotatable bonds is 5. The summed E-state index contributed by atoms with van der Waals surface area (Å²) in [5.41, 5.74) is 0. The molecule has 0 amide bonds. The first-order valence-electron chi connectivity index (χ1n) is 3.85. The molecule has 1 aromatic rings. The minimum atomic E-state index is -0.488. The smallest absolute Gasteiger partial charge is 0.263 e. The highest BCUT2D eigenvalue weighted by Gasteiger charge is 2.03. The van der Waals surface area contributed by atoms with Crippen molar-refractivity contribution in [3.63, 3.8) is 0 Å². The SMILES string of the molecule is CS/C(=C\[N+](=O)[O-])NCc1cnc(Cl)s1. The molecule has 5 nitrogen and oxygen atoms in total. The maximum atomic E-state index is 10.2. The third-order valence-corrected chi connectivity index (χ3v) is 3.21. The molecule has 0 spiro atoms. The van der Waals surface area contributed by atoms with Gasteiger partial charge < -0.3 is 5.32 Å². The Balaban J connectivity index is 2.51. The summed E-state index contributed by atoms with van der Waals surface area (Å²) >= 11 is 8.27. The van der Waals surface area contributed by atoms with Crippen LogP contribution in [-0.4, -0.2) is 16.2 Å². The summed E-state index contributed by atoms with van der Waals surface area (Å²) in [7, 11) is 0. The Kier molecular flexibility index (Phi) is 4.86. The molecule has 82 valence electrons. The zero-order chi connectivity index (χ0) is 11.3. The third-order valence-electron chi connectivity index (χ3n) is 1.40. The molecule has 0 saturated carbocycles. The zero-order valence-corrected chi connectivity index (χ0v) is 10.2. The highest BCUT2D eigenvalue weighted by atomic mass is 35.5. The molecule has 0 radical (unpaired) electrons. The second kappa shape index (κ2) is 5.94. The molecular weight excluding hydrogens is 258 g/mol. The van der Waals surface area contributed by atoms with Crippen LogP contribution in [0, 0.1) is 10.1 Å². The Hall–Kier alpha value is -0.790. The number of aromatic nitrogens is 1. The van der Waals surface area contributed by atoms with Crippen LogP contribution in [0.5, 0.6) is 0 Å². The molecule has 0 aliphatic carbocycles. The van der Waals surface area contributed by atoms with Gasteiger partial charge in [-0.2, -0.15) is 0 Å². The lowest BCUT2D eigenvalue weighted by molar-refractivity contribution is -0.403. The Bertz CT molecular complexity index is 380. The summed E-state index contributed by atoms with van der Waals surface area (Å²) in [6.45, 7) is 0.491. The largest absolute Gasteiger partial charge is 0.370 e. The van der Waals surface area contributed by atoms with Gasteiger partial charge in [-0.05, 0) is 6.26 Å². The van der Waals surface area contributed by atoms with Crippen molar-refractivity contribution >= 4 is 34.7 Å². The van der Waals surface area contributed by atoms with E-state index in [1.807, 2.05) is 0 Å². The van der Waals surface area contributed by atoms with E-state index in [0.717, 1.165) is 11.1 Å². The van der Waals surface area contributed by atoms with Gasteiger partial charge in [0.05, 0.1) is 11.5 Å². The molecule has 0 atom stereocenters. The van der Waals surface area contributed by atoms with Crippen LogP contribution in [0.1, 0.15) is 4.88 Å². The van der Waals surface area contributed by atoms with E-state index in [4.69, 9.17) is 11.6 Å². The number of thiazole rings is 1. The van der Waals surface area contributed by atoms with Gasteiger partial charge in [0.25, 0.3) is 6.20 Å². The number of hydrogen-bond acceptors (Lipinski definition) is 6. The molecule has 1 N–H and O–H groups in total. The highest BCUT2D eigenvalue weighted by molar-refractivity contribution is 8.02. The fourth-order valence-corrected chi connectivity index (χ4v) is 2.13. The number of nitro groups is 1. The summed E-state index contributed by atoms with van der Waals surface area (Å²) in [6, 6.07) is 0. The van der Waals surface area contributed by atoms with Crippen molar-refractivity contribution in [1.29, 1.82) is 0 Å². The third kappa shape index (κ3) is 4.50. The number of thioether (sulfide) groups is 1. The van der Waals surface area contributed by atoms with Crippen LogP contribution in [0.2, 0.25) is 4.47 Å². The molecule has 0 aromatic carbocycles. The maximum Gasteiger partial charge on any atom is 0.263 e. The molecule has 0 aliphatic rings. The first-order valence-corrected chi connectivity index (χ1v) is 6.27. The van der Waals surface area contributed by atoms with E-state index < -0.39 is 4.92 Å². The van der Waals surface area contributed by atoms with Crippen molar-refractivity contribution in [3.8, 4) is 0 Å². The lowest BCUT2D eigenvalue weighted by Gasteiger charge is -2.02. The standard InChI is InChI=1S/C7H8ClN3O2S2/c1-14-6(4-11(12)13)9-2-5-3-10-7(8)15-5/h3-4,9H,2H2,1H3/b6-4-. The monoisotopic (exact) mass is 265 g/mol. The highest BCUT2D eigenvalue weighted by Crippen LogP contribution is 2.18. The Morgan fingerprint density at radius 2 is 2.67 bits per heavy atom. The average Bonchev–Trinajstić information content (AvgIpc) is 2.58. The fraction of sp³-hybridized carbons (Fsp3) is 0.286.